The minimum Gasteiger partial charge on any atom is -0.467 e. The van der Waals surface area contributed by atoms with E-state index >= 15 is 0 Å². The Morgan fingerprint density at radius 1 is 1.23 bits per heavy atom. The summed E-state index contributed by atoms with van der Waals surface area (Å²) in [5, 5.41) is 5.56. The minimum absolute atomic E-state index is 0.0140. The lowest BCUT2D eigenvalue weighted by atomic mass is 9.99. The van der Waals surface area contributed by atoms with Gasteiger partial charge in [0.1, 0.15) is 6.04 Å². The third kappa shape index (κ3) is 6.43. The predicted octanol–water partition coefficient (Wildman–Crippen LogP) is -0.0993. The Bertz CT molecular complexity index is 410. The van der Waals surface area contributed by atoms with E-state index in [2.05, 4.69) is 10.6 Å². The maximum Gasteiger partial charge on any atom is 0.328 e. The van der Waals surface area contributed by atoms with E-state index < -0.39 is 12.0 Å². The monoisotopic (exact) mass is 313 g/mol. The van der Waals surface area contributed by atoms with Gasteiger partial charge in [0.05, 0.1) is 20.2 Å². The number of hydrogen-bond donors (Lipinski definition) is 2. The van der Waals surface area contributed by atoms with E-state index in [1.165, 1.54) is 7.11 Å². The first-order valence-corrected chi connectivity index (χ1v) is 7.72. The van der Waals surface area contributed by atoms with Crippen molar-refractivity contribution in [1.82, 2.24) is 15.5 Å². The summed E-state index contributed by atoms with van der Waals surface area (Å²) in [5.74, 6) is -0.835. The van der Waals surface area contributed by atoms with E-state index in [1.807, 2.05) is 13.8 Å². The minimum atomic E-state index is -0.656. The standard InChI is InChI=1S/C15H27N3O4/c1-5-10(2)14(15(21)22-4)17-13(20)9-18(3)8-12(19)16-11-6-7-11/h10-11,14H,5-9H2,1-4H3,(H,16,19)(H,17,20)/t10-,14+/m0/s1. The maximum absolute atomic E-state index is 12.0. The van der Waals surface area contributed by atoms with Crippen LogP contribution in [0.25, 0.3) is 0 Å². The first-order chi connectivity index (χ1) is 10.4. The fourth-order valence-electron chi connectivity index (χ4n) is 2.06. The second kappa shape index (κ2) is 8.73. The maximum atomic E-state index is 12.0. The van der Waals surface area contributed by atoms with Gasteiger partial charge >= 0.3 is 5.97 Å². The van der Waals surface area contributed by atoms with E-state index in [-0.39, 0.29) is 30.8 Å². The van der Waals surface area contributed by atoms with Crippen molar-refractivity contribution in [2.75, 3.05) is 27.2 Å². The number of nitrogens with zero attached hydrogens (tertiary/aromatic N) is 1. The summed E-state index contributed by atoms with van der Waals surface area (Å²) in [6.45, 7) is 4.05. The fraction of sp³-hybridized carbons (Fsp3) is 0.800. The molecule has 0 aromatic heterocycles. The van der Waals surface area contributed by atoms with E-state index in [9.17, 15) is 14.4 Å². The molecule has 1 aliphatic rings. The highest BCUT2D eigenvalue weighted by Crippen LogP contribution is 2.18. The first kappa shape index (κ1) is 18.4. The van der Waals surface area contributed by atoms with Gasteiger partial charge in [0.25, 0.3) is 0 Å². The van der Waals surface area contributed by atoms with Crippen molar-refractivity contribution in [1.29, 1.82) is 0 Å². The van der Waals surface area contributed by atoms with E-state index in [1.54, 1.807) is 11.9 Å². The summed E-state index contributed by atoms with van der Waals surface area (Å²) in [4.78, 5) is 37.0. The quantitative estimate of drug-likeness (QED) is 0.581. The predicted molar refractivity (Wildman–Crippen MR) is 82.1 cm³/mol. The number of ether oxygens (including phenoxy) is 1. The molecule has 0 bridgehead atoms. The highest BCUT2D eigenvalue weighted by Gasteiger charge is 2.27. The first-order valence-electron chi connectivity index (χ1n) is 7.72. The second-order valence-electron chi connectivity index (χ2n) is 5.97. The van der Waals surface area contributed by atoms with Crippen molar-refractivity contribution in [3.63, 3.8) is 0 Å². The molecule has 7 heteroatoms. The van der Waals surface area contributed by atoms with E-state index in [4.69, 9.17) is 4.74 Å². The lowest BCUT2D eigenvalue weighted by Gasteiger charge is -2.23. The molecule has 0 saturated heterocycles. The fourth-order valence-corrected chi connectivity index (χ4v) is 2.06. The second-order valence-corrected chi connectivity index (χ2v) is 5.97. The number of likely N-dealkylation sites (N-methyl/N-ethyl adjacent to an activating group) is 1. The van der Waals surface area contributed by atoms with Crippen LogP contribution < -0.4 is 10.6 Å². The summed E-state index contributed by atoms with van der Waals surface area (Å²) in [5.41, 5.74) is 0. The Morgan fingerprint density at radius 2 is 1.82 bits per heavy atom. The highest BCUT2D eigenvalue weighted by molar-refractivity contribution is 5.86. The third-order valence-corrected chi connectivity index (χ3v) is 3.75. The van der Waals surface area contributed by atoms with Gasteiger partial charge in [-0.3, -0.25) is 14.5 Å². The topological polar surface area (TPSA) is 87.7 Å². The van der Waals surface area contributed by atoms with Crippen LogP contribution in [-0.4, -0.2) is 62.0 Å². The van der Waals surface area contributed by atoms with Crippen LogP contribution in [0.3, 0.4) is 0 Å². The van der Waals surface area contributed by atoms with Gasteiger partial charge in [0, 0.05) is 6.04 Å². The average Bonchev–Trinajstić information content (AvgIpc) is 3.26. The van der Waals surface area contributed by atoms with Gasteiger partial charge in [-0.05, 0) is 25.8 Å². The molecule has 0 aromatic carbocycles. The van der Waals surface area contributed by atoms with Gasteiger partial charge in [0.15, 0.2) is 0 Å². The van der Waals surface area contributed by atoms with Gasteiger partial charge in [-0.15, -0.1) is 0 Å². The van der Waals surface area contributed by atoms with Crippen LogP contribution in [0.15, 0.2) is 0 Å². The molecule has 126 valence electrons. The number of methoxy groups -OCH3 is 1. The molecular weight excluding hydrogens is 286 g/mol. The zero-order valence-corrected chi connectivity index (χ0v) is 13.8. The van der Waals surface area contributed by atoms with Crippen molar-refractivity contribution in [2.24, 2.45) is 5.92 Å². The molecule has 1 aliphatic carbocycles. The summed E-state index contributed by atoms with van der Waals surface area (Å²) in [6, 6.07) is -0.347. The molecule has 1 fully saturated rings. The Kier molecular flexibility index (Phi) is 7.31. The molecule has 0 radical (unpaired) electrons. The number of rotatable bonds is 9. The molecular formula is C15H27N3O4. The summed E-state index contributed by atoms with van der Waals surface area (Å²) >= 11 is 0. The molecule has 7 nitrogen and oxygen atoms in total. The van der Waals surface area contributed by atoms with Gasteiger partial charge < -0.3 is 15.4 Å². The lowest BCUT2D eigenvalue weighted by Crippen LogP contribution is -2.49. The molecule has 2 atom stereocenters. The summed E-state index contributed by atoms with van der Waals surface area (Å²) in [7, 11) is 3.00. The number of nitrogens with one attached hydrogen (secondary N) is 2. The zero-order valence-electron chi connectivity index (χ0n) is 13.8. The van der Waals surface area contributed by atoms with Gasteiger partial charge in [0.2, 0.25) is 11.8 Å². The van der Waals surface area contributed by atoms with Crippen LogP contribution in [0.5, 0.6) is 0 Å². The van der Waals surface area contributed by atoms with Crippen LogP contribution >= 0.6 is 0 Å². The van der Waals surface area contributed by atoms with Gasteiger partial charge in [-0.1, -0.05) is 20.3 Å². The summed E-state index contributed by atoms with van der Waals surface area (Å²) in [6.07, 6.45) is 2.82. The highest BCUT2D eigenvalue weighted by atomic mass is 16.5. The number of esters is 1. The largest absolute Gasteiger partial charge is 0.467 e. The molecule has 0 aromatic rings. The molecule has 0 heterocycles. The smallest absolute Gasteiger partial charge is 0.328 e. The molecule has 0 unspecified atom stereocenters. The molecule has 1 rings (SSSR count). The molecule has 22 heavy (non-hydrogen) atoms. The van der Waals surface area contributed by atoms with Crippen molar-refractivity contribution in [3.05, 3.63) is 0 Å². The van der Waals surface area contributed by atoms with Gasteiger partial charge in [-0.25, -0.2) is 4.79 Å². The Hall–Kier alpha value is -1.63. The van der Waals surface area contributed by atoms with Crippen LogP contribution in [-0.2, 0) is 19.1 Å². The van der Waals surface area contributed by atoms with Crippen LogP contribution in [0.1, 0.15) is 33.1 Å². The van der Waals surface area contributed by atoms with Crippen molar-refractivity contribution in [2.45, 2.75) is 45.2 Å². The number of carbonyl (C=O) groups excluding carboxylic acids is 3. The van der Waals surface area contributed by atoms with Crippen LogP contribution in [0.2, 0.25) is 0 Å². The number of amides is 2. The molecule has 2 N–H and O–H groups in total. The van der Waals surface area contributed by atoms with Crippen molar-refractivity contribution in [3.8, 4) is 0 Å². The van der Waals surface area contributed by atoms with E-state index in [0.717, 1.165) is 19.3 Å². The summed E-state index contributed by atoms with van der Waals surface area (Å²) < 4.78 is 4.73. The number of carbonyl (C=O) groups is 3. The normalized spacial score (nSPS) is 16.8. The van der Waals surface area contributed by atoms with Crippen molar-refractivity contribution >= 4 is 17.8 Å². The number of hydrogen-bond acceptors (Lipinski definition) is 5. The third-order valence-electron chi connectivity index (χ3n) is 3.75. The van der Waals surface area contributed by atoms with Crippen molar-refractivity contribution < 1.29 is 19.1 Å². The molecule has 2 amide bonds. The van der Waals surface area contributed by atoms with E-state index in [0.29, 0.717) is 6.04 Å². The average molecular weight is 313 g/mol. The SMILES string of the molecule is CC[C@H](C)[C@@H](NC(=O)CN(C)CC(=O)NC1CC1)C(=O)OC. The molecule has 1 saturated carbocycles. The van der Waals surface area contributed by atoms with Crippen LogP contribution in [0, 0.1) is 5.92 Å². The Balaban J connectivity index is 2.40. The lowest BCUT2D eigenvalue weighted by molar-refractivity contribution is -0.146. The van der Waals surface area contributed by atoms with Gasteiger partial charge in [-0.2, -0.15) is 0 Å². The Labute approximate surface area is 131 Å². The molecule has 0 spiro atoms. The zero-order chi connectivity index (χ0) is 16.7. The Morgan fingerprint density at radius 3 is 2.32 bits per heavy atom. The van der Waals surface area contributed by atoms with Crippen LogP contribution in [0.4, 0.5) is 0 Å². The molecule has 0 aliphatic heterocycles.